The van der Waals surface area contributed by atoms with Gasteiger partial charge in [0, 0.05) is 26.2 Å². The highest BCUT2D eigenvalue weighted by atomic mass is 35.5. The molecule has 1 aliphatic rings. The number of hydrogen-bond donors (Lipinski definition) is 0. The van der Waals surface area contributed by atoms with Gasteiger partial charge in [0.2, 0.25) is 11.1 Å². The molecule has 1 fully saturated rings. The van der Waals surface area contributed by atoms with Gasteiger partial charge in [-0.25, -0.2) is 9.78 Å². The molecule has 126 valence electrons. The first-order chi connectivity index (χ1) is 10.7. The lowest BCUT2D eigenvalue weighted by atomic mass is 10.2. The molecule has 1 amide bonds. The lowest BCUT2D eigenvalue weighted by Gasteiger charge is -2.35. The van der Waals surface area contributed by atoms with Crippen molar-refractivity contribution < 1.29 is 14.5 Å². The fourth-order valence-corrected chi connectivity index (χ4v) is 2.26. The number of aromatic nitrogens is 2. The third-order valence-electron chi connectivity index (χ3n) is 3.15. The van der Waals surface area contributed by atoms with E-state index < -0.39 is 16.6 Å². The molecule has 0 atom stereocenters. The fourth-order valence-electron chi connectivity index (χ4n) is 2.13. The Morgan fingerprint density at radius 3 is 2.48 bits per heavy atom. The van der Waals surface area contributed by atoms with Gasteiger partial charge >= 0.3 is 11.8 Å². The van der Waals surface area contributed by atoms with Gasteiger partial charge < -0.3 is 14.5 Å². The summed E-state index contributed by atoms with van der Waals surface area (Å²) >= 11 is 5.74. The van der Waals surface area contributed by atoms with Crippen molar-refractivity contribution in [3.05, 3.63) is 21.6 Å². The fraction of sp³-hybridized carbons (Fsp3) is 0.615. The predicted molar refractivity (Wildman–Crippen MR) is 83.7 cm³/mol. The van der Waals surface area contributed by atoms with Crippen molar-refractivity contribution >= 4 is 29.2 Å². The maximum atomic E-state index is 12.0. The molecule has 1 aromatic rings. The van der Waals surface area contributed by atoms with Gasteiger partial charge in [0.1, 0.15) is 11.8 Å². The first-order valence-electron chi connectivity index (χ1n) is 7.07. The lowest BCUT2D eigenvalue weighted by molar-refractivity contribution is -0.384. The summed E-state index contributed by atoms with van der Waals surface area (Å²) in [5.74, 6) is 0.166. The van der Waals surface area contributed by atoms with Crippen LogP contribution in [0.5, 0.6) is 0 Å². The van der Waals surface area contributed by atoms with E-state index in [-0.39, 0.29) is 16.8 Å². The number of piperazine rings is 1. The average Bonchev–Trinajstić information content (AvgIpc) is 2.45. The first kappa shape index (κ1) is 17.2. The molecule has 23 heavy (non-hydrogen) atoms. The maximum absolute atomic E-state index is 12.0. The number of carbonyl (C=O) groups excluding carboxylic acids is 1. The molecular weight excluding hydrogens is 326 g/mol. The van der Waals surface area contributed by atoms with Crippen LogP contribution in [0, 0.1) is 10.1 Å². The van der Waals surface area contributed by atoms with Gasteiger partial charge in [0.05, 0.1) is 4.92 Å². The third kappa shape index (κ3) is 4.41. The van der Waals surface area contributed by atoms with Crippen LogP contribution >= 0.6 is 11.6 Å². The van der Waals surface area contributed by atoms with E-state index in [9.17, 15) is 14.9 Å². The maximum Gasteiger partial charge on any atom is 0.410 e. The van der Waals surface area contributed by atoms with Gasteiger partial charge in [-0.2, -0.15) is 4.98 Å². The van der Waals surface area contributed by atoms with Crippen molar-refractivity contribution in [2.75, 3.05) is 31.1 Å². The molecular formula is C13H18ClN5O4. The molecule has 10 heteroatoms. The number of nitrogens with zero attached hydrogens (tertiary/aromatic N) is 5. The van der Waals surface area contributed by atoms with Gasteiger partial charge in [-0.15, -0.1) is 0 Å². The summed E-state index contributed by atoms with van der Waals surface area (Å²) in [6, 6.07) is 0. The molecule has 9 nitrogen and oxygen atoms in total. The Morgan fingerprint density at radius 1 is 1.35 bits per heavy atom. The van der Waals surface area contributed by atoms with E-state index in [4.69, 9.17) is 16.3 Å². The molecule has 0 bridgehead atoms. The SMILES string of the molecule is CC(C)(C)OC(=O)N1CCN(c2nc(Cl)ncc2[N+](=O)[O-])CC1. The zero-order chi connectivity index (χ0) is 17.2. The monoisotopic (exact) mass is 343 g/mol. The summed E-state index contributed by atoms with van der Waals surface area (Å²) in [6.07, 6.45) is 0.692. The molecule has 0 aromatic carbocycles. The number of amides is 1. The number of rotatable bonds is 2. The molecule has 2 heterocycles. The third-order valence-corrected chi connectivity index (χ3v) is 3.33. The summed E-state index contributed by atoms with van der Waals surface area (Å²) in [5, 5.41) is 11.0. The molecule has 0 spiro atoms. The van der Waals surface area contributed by atoms with Crippen LogP contribution in [0.15, 0.2) is 6.20 Å². The quantitative estimate of drug-likeness (QED) is 0.460. The Kier molecular flexibility index (Phi) is 4.88. The van der Waals surface area contributed by atoms with Crippen molar-refractivity contribution in [2.24, 2.45) is 0 Å². The van der Waals surface area contributed by atoms with Crippen LogP contribution in [0.1, 0.15) is 20.8 Å². The number of anilines is 1. The molecule has 0 unspecified atom stereocenters. The second-order valence-corrected chi connectivity index (χ2v) is 6.40. The number of nitro groups is 1. The van der Waals surface area contributed by atoms with Gasteiger partial charge in [0.15, 0.2) is 0 Å². The minimum Gasteiger partial charge on any atom is -0.444 e. The average molecular weight is 344 g/mol. The predicted octanol–water partition coefficient (Wildman–Crippen LogP) is 2.10. The Bertz CT molecular complexity index is 611. The van der Waals surface area contributed by atoms with E-state index in [2.05, 4.69) is 9.97 Å². The lowest BCUT2D eigenvalue weighted by Crippen LogP contribution is -2.50. The molecule has 1 aliphatic heterocycles. The Labute approximate surface area is 138 Å². The van der Waals surface area contributed by atoms with Crippen LogP contribution in [-0.4, -0.2) is 57.7 Å². The molecule has 0 aliphatic carbocycles. The highest BCUT2D eigenvalue weighted by molar-refractivity contribution is 6.28. The molecule has 1 aromatic heterocycles. The van der Waals surface area contributed by atoms with Crippen molar-refractivity contribution in [3.8, 4) is 0 Å². The van der Waals surface area contributed by atoms with Crippen molar-refractivity contribution in [2.45, 2.75) is 26.4 Å². The molecule has 0 saturated carbocycles. The van der Waals surface area contributed by atoms with Gasteiger partial charge in [-0.05, 0) is 32.4 Å². The first-order valence-corrected chi connectivity index (χ1v) is 7.45. The second-order valence-electron chi connectivity index (χ2n) is 6.06. The van der Waals surface area contributed by atoms with E-state index in [1.807, 2.05) is 0 Å². The summed E-state index contributed by atoms with van der Waals surface area (Å²) in [6.45, 7) is 6.95. The number of carbonyl (C=O) groups is 1. The van der Waals surface area contributed by atoms with Crippen LogP contribution < -0.4 is 4.90 Å². The zero-order valence-corrected chi connectivity index (χ0v) is 13.9. The van der Waals surface area contributed by atoms with Gasteiger partial charge in [-0.3, -0.25) is 10.1 Å². The molecule has 1 saturated heterocycles. The van der Waals surface area contributed by atoms with E-state index in [0.717, 1.165) is 6.20 Å². The van der Waals surface area contributed by atoms with Crippen molar-refractivity contribution in [1.29, 1.82) is 0 Å². The highest BCUT2D eigenvalue weighted by Crippen LogP contribution is 2.27. The summed E-state index contributed by atoms with van der Waals surface area (Å²) in [4.78, 5) is 33.4. The largest absolute Gasteiger partial charge is 0.444 e. The van der Waals surface area contributed by atoms with Gasteiger partial charge in [-0.1, -0.05) is 0 Å². The summed E-state index contributed by atoms with van der Waals surface area (Å²) in [5.41, 5.74) is -0.771. The second kappa shape index (κ2) is 6.53. The standard InChI is InChI=1S/C13H18ClN5O4/c1-13(2,3)23-12(20)18-6-4-17(5-7-18)10-9(19(21)22)8-15-11(14)16-10/h8H,4-7H2,1-3H3. The normalized spacial score (nSPS) is 15.5. The number of hydrogen-bond acceptors (Lipinski definition) is 7. The molecule has 0 radical (unpaired) electrons. The van der Waals surface area contributed by atoms with Crippen molar-refractivity contribution in [1.82, 2.24) is 14.9 Å². The van der Waals surface area contributed by atoms with Crippen LogP contribution in [0.4, 0.5) is 16.3 Å². The topological polar surface area (TPSA) is 102 Å². The molecule has 2 rings (SSSR count). The summed E-state index contributed by atoms with van der Waals surface area (Å²) < 4.78 is 5.31. The van der Waals surface area contributed by atoms with E-state index in [1.165, 1.54) is 0 Å². The van der Waals surface area contributed by atoms with E-state index >= 15 is 0 Å². The Balaban J connectivity index is 2.06. The van der Waals surface area contributed by atoms with Crippen LogP contribution in [-0.2, 0) is 4.74 Å². The van der Waals surface area contributed by atoms with Crippen LogP contribution in [0.25, 0.3) is 0 Å². The minimum atomic E-state index is -0.562. The van der Waals surface area contributed by atoms with Crippen LogP contribution in [0.3, 0.4) is 0 Å². The smallest absolute Gasteiger partial charge is 0.410 e. The van der Waals surface area contributed by atoms with Crippen LogP contribution in [0.2, 0.25) is 5.28 Å². The number of halogens is 1. The molecule has 0 N–H and O–H groups in total. The zero-order valence-electron chi connectivity index (χ0n) is 13.2. The Morgan fingerprint density at radius 2 is 1.96 bits per heavy atom. The van der Waals surface area contributed by atoms with E-state index in [1.54, 1.807) is 30.6 Å². The van der Waals surface area contributed by atoms with Crippen molar-refractivity contribution in [3.63, 3.8) is 0 Å². The summed E-state index contributed by atoms with van der Waals surface area (Å²) in [7, 11) is 0. The van der Waals surface area contributed by atoms with Gasteiger partial charge in [0.25, 0.3) is 0 Å². The highest BCUT2D eigenvalue weighted by Gasteiger charge is 2.29. The van der Waals surface area contributed by atoms with E-state index in [0.29, 0.717) is 26.2 Å². The number of ether oxygens (including phenoxy) is 1. The Hall–Kier alpha value is -2.16. The minimum absolute atomic E-state index is 0.0554.